The Bertz CT molecular complexity index is 720. The molecule has 0 bridgehead atoms. The van der Waals surface area contributed by atoms with Crippen molar-refractivity contribution in [3.05, 3.63) is 54.1 Å². The Morgan fingerprint density at radius 2 is 1.50 bits per heavy atom. The molecule has 0 radical (unpaired) electrons. The average Bonchev–Trinajstić information content (AvgIpc) is 2.55. The van der Waals surface area contributed by atoms with Crippen molar-refractivity contribution in [2.45, 2.75) is 11.8 Å². The number of benzene rings is 2. The van der Waals surface area contributed by atoms with Crippen molar-refractivity contribution in [1.29, 1.82) is 0 Å². The summed E-state index contributed by atoms with van der Waals surface area (Å²) in [4.78, 5) is 24.9. The van der Waals surface area contributed by atoms with E-state index in [1.54, 1.807) is 11.8 Å². The van der Waals surface area contributed by atoms with Crippen LogP contribution in [0.1, 0.15) is 5.56 Å². The molecule has 0 unspecified atom stereocenters. The second-order valence-corrected chi connectivity index (χ2v) is 7.06. The third kappa shape index (κ3) is 6.29. The summed E-state index contributed by atoms with van der Waals surface area (Å²) >= 11 is 2.92. The van der Waals surface area contributed by atoms with Crippen molar-refractivity contribution >= 4 is 46.7 Å². The molecule has 0 aromatic heterocycles. The standard InChI is InChI=1S/C18H20N2O2S2/c1-13-5-3-6-14(9-13)19-17(21)11-24-12-18(22)20-15-7-4-8-16(10-15)23-2/h3-10H,11-12H2,1-2H3,(H,19,21)(H,20,22). The first-order chi connectivity index (χ1) is 11.6. The van der Waals surface area contributed by atoms with E-state index in [1.165, 1.54) is 11.8 Å². The predicted octanol–water partition coefficient (Wildman–Crippen LogP) is 4.03. The Morgan fingerprint density at radius 1 is 0.917 bits per heavy atom. The number of carbonyl (C=O) groups excluding carboxylic acids is 2. The Balaban J connectivity index is 1.72. The fourth-order valence-corrected chi connectivity index (χ4v) is 3.13. The van der Waals surface area contributed by atoms with E-state index in [1.807, 2.05) is 61.7 Å². The first-order valence-electron chi connectivity index (χ1n) is 7.45. The molecular formula is C18H20N2O2S2. The first kappa shape index (κ1) is 18.4. The number of aryl methyl sites for hydroxylation is 1. The van der Waals surface area contributed by atoms with Crippen LogP contribution >= 0.6 is 23.5 Å². The molecule has 0 fully saturated rings. The number of anilines is 2. The first-order valence-corrected chi connectivity index (χ1v) is 9.83. The molecule has 0 aliphatic carbocycles. The fourth-order valence-electron chi connectivity index (χ4n) is 2.05. The molecule has 0 spiro atoms. The molecule has 0 heterocycles. The van der Waals surface area contributed by atoms with Crippen molar-refractivity contribution in [3.63, 3.8) is 0 Å². The number of carbonyl (C=O) groups is 2. The summed E-state index contributed by atoms with van der Waals surface area (Å²) in [5.41, 5.74) is 2.64. The summed E-state index contributed by atoms with van der Waals surface area (Å²) in [6.07, 6.45) is 1.99. The average molecular weight is 361 g/mol. The van der Waals surface area contributed by atoms with E-state index in [4.69, 9.17) is 0 Å². The van der Waals surface area contributed by atoms with Crippen molar-refractivity contribution in [2.24, 2.45) is 0 Å². The monoisotopic (exact) mass is 360 g/mol. The second kappa shape index (κ2) is 9.39. The quantitative estimate of drug-likeness (QED) is 0.732. The maximum absolute atomic E-state index is 11.9. The largest absolute Gasteiger partial charge is 0.325 e. The number of hydrogen-bond acceptors (Lipinski definition) is 4. The zero-order chi connectivity index (χ0) is 17.4. The Morgan fingerprint density at radius 3 is 2.08 bits per heavy atom. The summed E-state index contributed by atoms with van der Waals surface area (Å²) in [5, 5.41) is 5.67. The van der Waals surface area contributed by atoms with Crippen LogP contribution < -0.4 is 10.6 Å². The van der Waals surface area contributed by atoms with Crippen LogP contribution in [0.3, 0.4) is 0 Å². The molecule has 2 aromatic carbocycles. The van der Waals surface area contributed by atoms with E-state index in [-0.39, 0.29) is 23.3 Å². The van der Waals surface area contributed by atoms with Gasteiger partial charge in [-0.1, -0.05) is 18.2 Å². The molecule has 24 heavy (non-hydrogen) atoms. The van der Waals surface area contributed by atoms with Crippen molar-refractivity contribution < 1.29 is 9.59 Å². The van der Waals surface area contributed by atoms with Gasteiger partial charge in [0.1, 0.15) is 0 Å². The molecule has 0 saturated heterocycles. The normalized spacial score (nSPS) is 10.2. The second-order valence-electron chi connectivity index (χ2n) is 5.19. The van der Waals surface area contributed by atoms with E-state index in [2.05, 4.69) is 10.6 Å². The summed E-state index contributed by atoms with van der Waals surface area (Å²) in [7, 11) is 0. The molecule has 4 nitrogen and oxygen atoms in total. The van der Waals surface area contributed by atoms with Gasteiger partial charge < -0.3 is 10.6 Å². The minimum absolute atomic E-state index is 0.109. The van der Waals surface area contributed by atoms with E-state index >= 15 is 0 Å². The van der Waals surface area contributed by atoms with Crippen molar-refractivity contribution in [2.75, 3.05) is 28.4 Å². The summed E-state index contributed by atoms with van der Waals surface area (Å²) < 4.78 is 0. The molecule has 6 heteroatoms. The molecule has 2 amide bonds. The Labute approximate surface area is 150 Å². The zero-order valence-electron chi connectivity index (χ0n) is 13.7. The van der Waals surface area contributed by atoms with Crippen LogP contribution in [0.25, 0.3) is 0 Å². The van der Waals surface area contributed by atoms with E-state index in [0.717, 1.165) is 21.8 Å². The number of amides is 2. The van der Waals surface area contributed by atoms with Crippen LogP contribution in [0, 0.1) is 6.92 Å². The van der Waals surface area contributed by atoms with Crippen LogP contribution in [0.2, 0.25) is 0 Å². The highest BCUT2D eigenvalue weighted by molar-refractivity contribution is 8.00. The topological polar surface area (TPSA) is 58.2 Å². The van der Waals surface area contributed by atoms with Crippen molar-refractivity contribution in [3.8, 4) is 0 Å². The van der Waals surface area contributed by atoms with Gasteiger partial charge >= 0.3 is 0 Å². The summed E-state index contributed by atoms with van der Waals surface area (Å²) in [5.74, 6) is 0.265. The Kier molecular flexibility index (Phi) is 7.21. The molecule has 2 N–H and O–H groups in total. The fraction of sp³-hybridized carbons (Fsp3) is 0.222. The highest BCUT2D eigenvalue weighted by Gasteiger charge is 2.07. The minimum atomic E-state index is -0.110. The van der Waals surface area contributed by atoms with Crippen LogP contribution in [0.4, 0.5) is 11.4 Å². The van der Waals surface area contributed by atoms with E-state index < -0.39 is 0 Å². The van der Waals surface area contributed by atoms with Crippen LogP contribution in [0.15, 0.2) is 53.4 Å². The van der Waals surface area contributed by atoms with Crippen LogP contribution in [0.5, 0.6) is 0 Å². The van der Waals surface area contributed by atoms with Gasteiger partial charge in [-0.25, -0.2) is 0 Å². The van der Waals surface area contributed by atoms with Gasteiger partial charge in [-0.15, -0.1) is 23.5 Å². The number of nitrogens with one attached hydrogen (secondary N) is 2. The van der Waals surface area contributed by atoms with Crippen molar-refractivity contribution in [1.82, 2.24) is 0 Å². The molecule has 0 aliphatic rings. The van der Waals surface area contributed by atoms with Gasteiger partial charge in [0.05, 0.1) is 11.5 Å². The van der Waals surface area contributed by atoms with E-state index in [0.29, 0.717) is 0 Å². The van der Waals surface area contributed by atoms with Crippen LogP contribution in [-0.4, -0.2) is 29.6 Å². The van der Waals surface area contributed by atoms with Gasteiger partial charge in [-0.2, -0.15) is 0 Å². The summed E-state index contributed by atoms with van der Waals surface area (Å²) in [6.45, 7) is 1.97. The van der Waals surface area contributed by atoms with Gasteiger partial charge in [-0.05, 0) is 49.1 Å². The number of rotatable bonds is 7. The molecule has 0 atom stereocenters. The lowest BCUT2D eigenvalue weighted by Crippen LogP contribution is -2.18. The maximum atomic E-state index is 11.9. The minimum Gasteiger partial charge on any atom is -0.325 e. The van der Waals surface area contributed by atoms with Gasteiger partial charge in [0, 0.05) is 16.3 Å². The lowest BCUT2D eigenvalue weighted by atomic mass is 10.2. The Hall–Kier alpha value is -1.92. The maximum Gasteiger partial charge on any atom is 0.234 e. The highest BCUT2D eigenvalue weighted by atomic mass is 32.2. The molecule has 2 aromatic rings. The lowest BCUT2D eigenvalue weighted by Gasteiger charge is -2.07. The lowest BCUT2D eigenvalue weighted by molar-refractivity contribution is -0.114. The van der Waals surface area contributed by atoms with Gasteiger partial charge in [-0.3, -0.25) is 9.59 Å². The number of thioether (sulfide) groups is 2. The highest BCUT2D eigenvalue weighted by Crippen LogP contribution is 2.19. The smallest absolute Gasteiger partial charge is 0.234 e. The molecule has 0 aliphatic heterocycles. The van der Waals surface area contributed by atoms with Gasteiger partial charge in [0.25, 0.3) is 0 Å². The van der Waals surface area contributed by atoms with Gasteiger partial charge in [0.15, 0.2) is 0 Å². The van der Waals surface area contributed by atoms with Gasteiger partial charge in [0.2, 0.25) is 11.8 Å². The third-order valence-electron chi connectivity index (χ3n) is 3.12. The molecule has 0 saturated carbocycles. The molecule has 126 valence electrons. The SMILES string of the molecule is CSc1cccc(NC(=O)CSCC(=O)Nc2cccc(C)c2)c1. The van der Waals surface area contributed by atoms with Crippen LogP contribution in [-0.2, 0) is 9.59 Å². The third-order valence-corrected chi connectivity index (χ3v) is 4.78. The molecular weight excluding hydrogens is 340 g/mol. The summed E-state index contributed by atoms with van der Waals surface area (Å²) in [6, 6.07) is 15.3. The predicted molar refractivity (Wildman–Crippen MR) is 104 cm³/mol. The van der Waals surface area contributed by atoms with E-state index in [9.17, 15) is 9.59 Å². The zero-order valence-corrected chi connectivity index (χ0v) is 15.3. The number of hydrogen-bond donors (Lipinski definition) is 2. The molecule has 2 rings (SSSR count).